The number of guanidine groups is 1. The zero-order valence-corrected chi connectivity index (χ0v) is 12.2. The third kappa shape index (κ3) is 3.10. The molecule has 0 bridgehead atoms. The van der Waals surface area contributed by atoms with Crippen LogP contribution < -0.4 is 10.6 Å². The minimum Gasteiger partial charge on any atom is -0.453 e. The van der Waals surface area contributed by atoms with Gasteiger partial charge in [-0.15, -0.1) is 0 Å². The summed E-state index contributed by atoms with van der Waals surface area (Å²) in [6.45, 7) is 5.00. The predicted molar refractivity (Wildman–Crippen MR) is 78.9 cm³/mol. The van der Waals surface area contributed by atoms with E-state index in [4.69, 9.17) is 0 Å². The number of carbonyl (C=O) groups excluding carboxylic acids is 1. The van der Waals surface area contributed by atoms with Gasteiger partial charge in [0.25, 0.3) is 0 Å². The van der Waals surface area contributed by atoms with E-state index in [1.807, 2.05) is 0 Å². The third-order valence-corrected chi connectivity index (χ3v) is 3.51. The van der Waals surface area contributed by atoms with Crippen LogP contribution in [-0.4, -0.2) is 25.7 Å². The predicted octanol–water partition coefficient (Wildman–Crippen LogP) is 2.17. The zero-order chi connectivity index (χ0) is 14.5. The van der Waals surface area contributed by atoms with Gasteiger partial charge in [-0.05, 0) is 29.5 Å². The van der Waals surface area contributed by atoms with Crippen LogP contribution in [0.5, 0.6) is 0 Å². The van der Waals surface area contributed by atoms with Crippen molar-refractivity contribution in [3.63, 3.8) is 0 Å². The Hall–Kier alpha value is -2.04. The van der Waals surface area contributed by atoms with Gasteiger partial charge in [-0.25, -0.2) is 9.79 Å². The normalized spacial score (nSPS) is 17.4. The lowest BCUT2D eigenvalue weighted by atomic mass is 9.96. The van der Waals surface area contributed by atoms with E-state index in [1.54, 1.807) is 0 Å². The molecule has 20 heavy (non-hydrogen) atoms. The van der Waals surface area contributed by atoms with E-state index in [1.165, 1.54) is 23.8 Å². The molecule has 0 radical (unpaired) electrons. The minimum atomic E-state index is -0.506. The molecule has 1 aromatic rings. The summed E-state index contributed by atoms with van der Waals surface area (Å²) in [6, 6.07) is 6.59. The van der Waals surface area contributed by atoms with Crippen LogP contribution in [0.25, 0.3) is 0 Å². The van der Waals surface area contributed by atoms with Gasteiger partial charge in [0.05, 0.1) is 13.2 Å². The maximum atomic E-state index is 11.2. The van der Waals surface area contributed by atoms with Crippen molar-refractivity contribution in [3.05, 3.63) is 34.9 Å². The fourth-order valence-corrected chi connectivity index (χ4v) is 2.35. The number of hydrogen-bond acceptors (Lipinski definition) is 4. The lowest BCUT2D eigenvalue weighted by Crippen LogP contribution is -2.37. The van der Waals surface area contributed by atoms with Gasteiger partial charge in [0, 0.05) is 6.54 Å². The Morgan fingerprint density at radius 3 is 2.90 bits per heavy atom. The van der Waals surface area contributed by atoms with Crippen LogP contribution in [0.15, 0.2) is 23.2 Å². The maximum Gasteiger partial charge on any atom is 0.413 e. The highest BCUT2D eigenvalue weighted by Gasteiger charge is 2.22. The zero-order valence-electron chi connectivity index (χ0n) is 12.2. The molecule has 0 aliphatic carbocycles. The first kappa shape index (κ1) is 14.4. The highest BCUT2D eigenvalue weighted by atomic mass is 16.5. The monoisotopic (exact) mass is 275 g/mol. The Kier molecular flexibility index (Phi) is 4.61. The van der Waals surface area contributed by atoms with E-state index in [-0.39, 0.29) is 6.04 Å². The van der Waals surface area contributed by atoms with Crippen molar-refractivity contribution in [1.29, 1.82) is 0 Å². The SMILES string of the molecule is CCc1ccc(C2CNC(NC(=O)OC)=N2)c(CC)c1. The number of amides is 1. The van der Waals surface area contributed by atoms with Crippen LogP contribution in [0.2, 0.25) is 0 Å². The summed E-state index contributed by atoms with van der Waals surface area (Å²) >= 11 is 0. The first-order valence-corrected chi connectivity index (χ1v) is 6.96. The quantitative estimate of drug-likeness (QED) is 0.888. The van der Waals surface area contributed by atoms with E-state index in [2.05, 4.69) is 52.4 Å². The van der Waals surface area contributed by atoms with Gasteiger partial charge in [-0.3, -0.25) is 5.32 Å². The Labute approximate surface area is 119 Å². The molecule has 5 nitrogen and oxygen atoms in total. The Morgan fingerprint density at radius 2 is 2.25 bits per heavy atom. The number of aliphatic imine (C=N–C) groups is 1. The van der Waals surface area contributed by atoms with Gasteiger partial charge < -0.3 is 10.1 Å². The summed E-state index contributed by atoms with van der Waals surface area (Å²) in [4.78, 5) is 15.7. The average molecular weight is 275 g/mol. The molecule has 0 saturated heterocycles. The number of carbonyl (C=O) groups is 1. The van der Waals surface area contributed by atoms with E-state index in [9.17, 15) is 4.79 Å². The standard InChI is InChI=1S/C15H21N3O2/c1-4-10-6-7-12(11(5-2)8-10)13-9-16-14(17-13)18-15(19)20-3/h6-8,13H,4-5,9H2,1-3H3,(H2,16,17,18,19). The van der Waals surface area contributed by atoms with Crippen LogP contribution in [0, 0.1) is 0 Å². The largest absolute Gasteiger partial charge is 0.453 e. The van der Waals surface area contributed by atoms with Crippen LogP contribution in [0.3, 0.4) is 0 Å². The van der Waals surface area contributed by atoms with Crippen LogP contribution in [-0.2, 0) is 17.6 Å². The number of hydrogen-bond donors (Lipinski definition) is 2. The summed E-state index contributed by atoms with van der Waals surface area (Å²) < 4.78 is 4.56. The number of ether oxygens (including phenoxy) is 1. The van der Waals surface area contributed by atoms with Crippen molar-refractivity contribution in [1.82, 2.24) is 10.6 Å². The highest BCUT2D eigenvalue weighted by molar-refractivity contribution is 5.94. The van der Waals surface area contributed by atoms with E-state index < -0.39 is 6.09 Å². The fourth-order valence-electron chi connectivity index (χ4n) is 2.35. The molecule has 2 rings (SSSR count). The van der Waals surface area contributed by atoms with Crippen molar-refractivity contribution in [3.8, 4) is 0 Å². The summed E-state index contributed by atoms with van der Waals surface area (Å²) in [6.07, 6.45) is 1.51. The number of benzene rings is 1. The molecule has 5 heteroatoms. The second-order valence-corrected chi connectivity index (χ2v) is 4.73. The van der Waals surface area contributed by atoms with Gasteiger partial charge in [0.2, 0.25) is 5.96 Å². The van der Waals surface area contributed by atoms with Gasteiger partial charge in [0.1, 0.15) is 0 Å². The fraction of sp³-hybridized carbons (Fsp3) is 0.467. The molecular weight excluding hydrogens is 254 g/mol. The molecule has 1 heterocycles. The third-order valence-electron chi connectivity index (χ3n) is 3.51. The molecule has 1 aliphatic rings. The van der Waals surface area contributed by atoms with E-state index in [0.29, 0.717) is 12.5 Å². The smallest absolute Gasteiger partial charge is 0.413 e. The number of nitrogens with zero attached hydrogens (tertiary/aromatic N) is 1. The highest BCUT2D eigenvalue weighted by Crippen LogP contribution is 2.25. The van der Waals surface area contributed by atoms with Crippen LogP contribution >= 0.6 is 0 Å². The second kappa shape index (κ2) is 6.41. The van der Waals surface area contributed by atoms with Crippen molar-refractivity contribution in [2.24, 2.45) is 4.99 Å². The van der Waals surface area contributed by atoms with Gasteiger partial charge in [0.15, 0.2) is 0 Å². The molecular formula is C15H21N3O2. The number of aryl methyl sites for hydroxylation is 2. The summed E-state index contributed by atoms with van der Waals surface area (Å²) in [5, 5.41) is 5.65. The number of nitrogens with one attached hydrogen (secondary N) is 2. The second-order valence-electron chi connectivity index (χ2n) is 4.73. The minimum absolute atomic E-state index is 0.0445. The molecule has 0 spiro atoms. The molecule has 1 aliphatic heterocycles. The van der Waals surface area contributed by atoms with Crippen LogP contribution in [0.1, 0.15) is 36.6 Å². The van der Waals surface area contributed by atoms with Crippen molar-refractivity contribution < 1.29 is 9.53 Å². The first-order valence-electron chi connectivity index (χ1n) is 6.96. The Morgan fingerprint density at radius 1 is 1.45 bits per heavy atom. The van der Waals surface area contributed by atoms with Crippen LogP contribution in [0.4, 0.5) is 4.79 Å². The first-order chi connectivity index (χ1) is 9.67. The van der Waals surface area contributed by atoms with Crippen molar-refractivity contribution in [2.75, 3.05) is 13.7 Å². The summed E-state index contributed by atoms with van der Waals surface area (Å²) in [7, 11) is 1.33. The Balaban J connectivity index is 2.18. The van der Waals surface area contributed by atoms with Crippen molar-refractivity contribution in [2.45, 2.75) is 32.7 Å². The molecule has 108 valence electrons. The van der Waals surface area contributed by atoms with Gasteiger partial charge in [-0.2, -0.15) is 0 Å². The maximum absolute atomic E-state index is 11.2. The molecule has 1 unspecified atom stereocenters. The molecule has 0 saturated carbocycles. The number of rotatable bonds is 3. The topological polar surface area (TPSA) is 62.7 Å². The molecule has 2 N–H and O–H groups in total. The number of alkyl carbamates (subject to hydrolysis) is 1. The lowest BCUT2D eigenvalue weighted by Gasteiger charge is -2.13. The Bertz CT molecular complexity index is 526. The molecule has 1 atom stereocenters. The molecule has 1 amide bonds. The van der Waals surface area contributed by atoms with E-state index in [0.717, 1.165) is 12.8 Å². The molecule has 0 fully saturated rings. The average Bonchev–Trinajstić information content (AvgIpc) is 2.94. The van der Waals surface area contributed by atoms with E-state index >= 15 is 0 Å². The molecule has 0 aromatic heterocycles. The lowest BCUT2D eigenvalue weighted by molar-refractivity contribution is 0.176. The summed E-state index contributed by atoms with van der Waals surface area (Å²) in [5.74, 6) is 0.475. The van der Waals surface area contributed by atoms with Gasteiger partial charge in [-0.1, -0.05) is 32.0 Å². The van der Waals surface area contributed by atoms with Gasteiger partial charge >= 0.3 is 6.09 Å². The van der Waals surface area contributed by atoms with Crippen molar-refractivity contribution >= 4 is 12.1 Å². The molecule has 1 aromatic carbocycles. The number of methoxy groups -OCH3 is 1. The summed E-state index contributed by atoms with van der Waals surface area (Å²) in [5.41, 5.74) is 3.88.